The maximum atomic E-state index is 11.8. The molecule has 0 atom stereocenters. The van der Waals surface area contributed by atoms with E-state index in [0.717, 1.165) is 25.7 Å². The van der Waals surface area contributed by atoms with Crippen molar-refractivity contribution >= 4 is 50.1 Å². The molecule has 41 heavy (non-hydrogen) atoms. The summed E-state index contributed by atoms with van der Waals surface area (Å²) >= 11 is 0. The Labute approximate surface area is 275 Å². The quantitative estimate of drug-likeness (QED) is 0.0472. The Hall–Kier alpha value is -0.200. The second kappa shape index (κ2) is 31.2. The van der Waals surface area contributed by atoms with E-state index >= 15 is 0 Å². The van der Waals surface area contributed by atoms with Crippen LogP contribution in [-0.4, -0.2) is 63.3 Å². The Kier molecular flexibility index (Phi) is 34.5. The molecule has 0 bridgehead atoms. The van der Waals surface area contributed by atoms with Gasteiger partial charge in [0.05, 0.1) is 12.4 Å². The van der Waals surface area contributed by atoms with Gasteiger partial charge in [0.15, 0.2) is 0 Å². The van der Waals surface area contributed by atoms with E-state index in [2.05, 4.69) is 18.0 Å². The summed E-state index contributed by atoms with van der Waals surface area (Å²) in [5.74, 6) is 0.507. The van der Waals surface area contributed by atoms with Crippen molar-refractivity contribution in [1.29, 1.82) is 0 Å². The van der Waals surface area contributed by atoms with Crippen LogP contribution in [0, 0.1) is 0 Å². The van der Waals surface area contributed by atoms with Crippen molar-refractivity contribution in [1.82, 2.24) is 6.15 Å². The Morgan fingerprint density at radius 2 is 0.951 bits per heavy atom. The van der Waals surface area contributed by atoms with Gasteiger partial charge in [-0.25, -0.2) is 4.18 Å². The molecule has 4 N–H and O–H groups in total. The van der Waals surface area contributed by atoms with E-state index in [0.29, 0.717) is 18.6 Å². The first-order valence-electron chi connectivity index (χ1n) is 15.3. The number of para-hydroxylation sites is 1. The van der Waals surface area contributed by atoms with Gasteiger partial charge in [-0.1, -0.05) is 148 Å². The molecule has 1 rings (SSSR count). The van der Waals surface area contributed by atoms with Crippen LogP contribution in [0.4, 0.5) is 0 Å². The molecule has 0 aliphatic carbocycles. The molecule has 0 radical (unpaired) electrons. The molecular weight excluding hydrogens is 573 g/mol. The monoisotopic (exact) mass is 633 g/mol. The fourth-order valence-corrected chi connectivity index (χ4v) is 5.56. The summed E-state index contributed by atoms with van der Waals surface area (Å²) in [7, 11) is -7.68. The van der Waals surface area contributed by atoms with Crippen molar-refractivity contribution in [2.75, 3.05) is 12.4 Å². The molecule has 0 aliphatic heterocycles. The van der Waals surface area contributed by atoms with Crippen LogP contribution in [0.1, 0.15) is 142 Å². The Morgan fingerprint density at radius 3 is 1.34 bits per heavy atom. The standard InChI is InChI=1S/C18H30O3S.C12H26O4S.H3N.Na.H/c1-2-3-4-5-6-7-8-9-10-14-17-22(19,20)21-18-15-12-11-13-16-18;1-2-3-4-5-6-7-8-9-10-11-12-16-17(13,14)15;;;/h11-13,15-16H,2-10,14,17H2,1H3;2-12H2,1H3,(H,13,14,15);1H3;;. The summed E-state index contributed by atoms with van der Waals surface area (Å²) in [5, 5.41) is 0. The van der Waals surface area contributed by atoms with Crippen molar-refractivity contribution in [3.8, 4) is 5.75 Å². The Balaban J connectivity index is -0.000000693. The number of rotatable bonds is 25. The minimum atomic E-state index is -4.23. The molecular formula is C30H60NNaO7S2. The van der Waals surface area contributed by atoms with Gasteiger partial charge in [0.25, 0.3) is 0 Å². The van der Waals surface area contributed by atoms with Gasteiger partial charge >= 0.3 is 50.1 Å². The average molecular weight is 634 g/mol. The van der Waals surface area contributed by atoms with E-state index in [1.54, 1.807) is 24.3 Å². The van der Waals surface area contributed by atoms with E-state index in [-0.39, 0.29) is 48.1 Å². The van der Waals surface area contributed by atoms with Gasteiger partial charge in [0.2, 0.25) is 0 Å². The van der Waals surface area contributed by atoms with E-state index < -0.39 is 20.5 Å². The number of hydrogen-bond donors (Lipinski definition) is 2. The van der Waals surface area contributed by atoms with Crippen molar-refractivity contribution < 1.29 is 29.8 Å². The van der Waals surface area contributed by atoms with Crippen molar-refractivity contribution in [3.63, 3.8) is 0 Å². The predicted octanol–water partition coefficient (Wildman–Crippen LogP) is 8.56. The molecule has 240 valence electrons. The van der Waals surface area contributed by atoms with E-state index in [4.69, 9.17) is 8.74 Å². The molecule has 1 aromatic carbocycles. The first-order valence-corrected chi connectivity index (χ1v) is 18.2. The molecule has 0 amide bonds. The molecule has 1 aromatic rings. The van der Waals surface area contributed by atoms with Crippen LogP contribution in [0.2, 0.25) is 0 Å². The molecule has 0 saturated heterocycles. The summed E-state index contributed by atoms with van der Waals surface area (Å²) in [6.07, 6.45) is 23.8. The van der Waals surface area contributed by atoms with Gasteiger partial charge in [-0.3, -0.25) is 4.55 Å². The van der Waals surface area contributed by atoms with Gasteiger partial charge in [0, 0.05) is 0 Å². The van der Waals surface area contributed by atoms with Gasteiger partial charge in [-0.05, 0) is 25.0 Å². The molecule has 8 nitrogen and oxygen atoms in total. The predicted molar refractivity (Wildman–Crippen MR) is 174 cm³/mol. The third-order valence-electron chi connectivity index (χ3n) is 6.44. The normalized spacial score (nSPS) is 11.1. The third kappa shape index (κ3) is 35.9. The van der Waals surface area contributed by atoms with E-state index in [9.17, 15) is 16.8 Å². The van der Waals surface area contributed by atoms with Crippen LogP contribution in [0.25, 0.3) is 0 Å². The summed E-state index contributed by atoms with van der Waals surface area (Å²) in [5.41, 5.74) is 0. The molecule has 11 heteroatoms. The summed E-state index contributed by atoms with van der Waals surface area (Å²) in [6, 6.07) is 8.70. The number of hydrogen-bond acceptors (Lipinski definition) is 7. The van der Waals surface area contributed by atoms with Crippen LogP contribution in [0.3, 0.4) is 0 Å². The van der Waals surface area contributed by atoms with Crippen LogP contribution in [0.5, 0.6) is 5.75 Å². The summed E-state index contributed by atoms with van der Waals surface area (Å²) in [4.78, 5) is 0. The Bertz CT molecular complexity index is 870. The number of benzene rings is 1. The minimum absolute atomic E-state index is 0. The van der Waals surface area contributed by atoms with Gasteiger partial charge in [0.1, 0.15) is 5.75 Å². The van der Waals surface area contributed by atoms with Gasteiger partial charge in [-0.15, -0.1) is 0 Å². The van der Waals surface area contributed by atoms with Crippen molar-refractivity contribution in [2.45, 2.75) is 142 Å². The van der Waals surface area contributed by atoms with Gasteiger partial charge in [-0.2, -0.15) is 16.8 Å². The Morgan fingerprint density at radius 1 is 0.585 bits per heavy atom. The SMILES string of the molecule is CCCCCCCCCCCCOS(=O)(=O)O.CCCCCCCCCCCCS(=O)(=O)Oc1ccccc1.N.[NaH]. The van der Waals surface area contributed by atoms with Crippen LogP contribution >= 0.6 is 0 Å². The summed E-state index contributed by atoms with van der Waals surface area (Å²) < 4.78 is 61.7. The molecule has 0 aromatic heterocycles. The first-order chi connectivity index (χ1) is 18.7. The zero-order valence-electron chi connectivity index (χ0n) is 25.4. The van der Waals surface area contributed by atoms with Crippen LogP contribution in [-0.2, 0) is 24.7 Å². The fraction of sp³-hybridized carbons (Fsp3) is 0.800. The molecule has 0 aliphatic rings. The van der Waals surface area contributed by atoms with Crippen LogP contribution < -0.4 is 10.3 Å². The summed E-state index contributed by atoms with van der Waals surface area (Å²) in [6.45, 7) is 4.54. The second-order valence-electron chi connectivity index (χ2n) is 10.3. The van der Waals surface area contributed by atoms with Gasteiger partial charge < -0.3 is 10.3 Å². The molecule has 0 spiro atoms. The fourth-order valence-electron chi connectivity index (χ4n) is 4.18. The zero-order valence-corrected chi connectivity index (χ0v) is 27.0. The number of unbranched alkanes of at least 4 members (excludes halogenated alkanes) is 18. The second-order valence-corrected chi connectivity index (χ2v) is 13.1. The molecule has 0 saturated carbocycles. The molecule has 0 heterocycles. The molecule has 0 unspecified atom stereocenters. The third-order valence-corrected chi connectivity index (χ3v) is 8.14. The maximum absolute atomic E-state index is 11.8. The van der Waals surface area contributed by atoms with E-state index in [1.807, 2.05) is 6.07 Å². The first kappa shape index (κ1) is 45.2. The average Bonchev–Trinajstić information content (AvgIpc) is 2.88. The topological polar surface area (TPSA) is 142 Å². The molecule has 0 fully saturated rings. The van der Waals surface area contributed by atoms with Crippen molar-refractivity contribution in [2.24, 2.45) is 0 Å². The van der Waals surface area contributed by atoms with E-state index in [1.165, 1.54) is 89.9 Å². The van der Waals surface area contributed by atoms with Crippen molar-refractivity contribution in [3.05, 3.63) is 30.3 Å². The zero-order chi connectivity index (χ0) is 29.1. The van der Waals surface area contributed by atoms with Crippen LogP contribution in [0.15, 0.2) is 30.3 Å².